The molecule has 1 saturated heterocycles. The predicted molar refractivity (Wildman–Crippen MR) is 74.8 cm³/mol. The molecule has 106 valence electrons. The van der Waals surface area contributed by atoms with Gasteiger partial charge < -0.3 is 9.73 Å². The molecule has 4 nitrogen and oxygen atoms in total. The van der Waals surface area contributed by atoms with Crippen LogP contribution in [0.15, 0.2) is 28.7 Å². The van der Waals surface area contributed by atoms with Crippen molar-refractivity contribution in [2.75, 3.05) is 26.2 Å². The summed E-state index contributed by atoms with van der Waals surface area (Å²) in [6, 6.07) is 6.22. The molecule has 0 radical (unpaired) electrons. The summed E-state index contributed by atoms with van der Waals surface area (Å²) < 4.78 is 18.6. The van der Waals surface area contributed by atoms with E-state index >= 15 is 0 Å². The number of aryl methyl sites for hydroxylation is 1. The van der Waals surface area contributed by atoms with E-state index < -0.39 is 0 Å². The Hall–Kier alpha value is -1.72. The third-order valence-electron chi connectivity index (χ3n) is 3.57. The highest BCUT2D eigenvalue weighted by Crippen LogP contribution is 2.22. The topological polar surface area (TPSA) is 41.3 Å². The first-order chi connectivity index (χ1) is 9.72. The van der Waals surface area contributed by atoms with Gasteiger partial charge in [0.1, 0.15) is 11.6 Å². The summed E-state index contributed by atoms with van der Waals surface area (Å²) in [6.45, 7) is 6.82. The molecule has 0 saturated carbocycles. The molecule has 1 aromatic heterocycles. The highest BCUT2D eigenvalue weighted by Gasteiger charge is 2.16. The number of aromatic nitrogens is 1. The van der Waals surface area contributed by atoms with Gasteiger partial charge in [0.2, 0.25) is 5.89 Å². The minimum atomic E-state index is -0.252. The van der Waals surface area contributed by atoms with Crippen molar-refractivity contribution in [1.29, 1.82) is 0 Å². The molecule has 1 N–H and O–H groups in total. The van der Waals surface area contributed by atoms with Gasteiger partial charge in [-0.3, -0.25) is 4.90 Å². The number of nitrogens with zero attached hydrogens (tertiary/aromatic N) is 2. The van der Waals surface area contributed by atoms with Crippen LogP contribution in [0, 0.1) is 12.7 Å². The van der Waals surface area contributed by atoms with Crippen LogP contribution in [0.25, 0.3) is 11.5 Å². The van der Waals surface area contributed by atoms with Crippen molar-refractivity contribution in [3.63, 3.8) is 0 Å². The summed E-state index contributed by atoms with van der Waals surface area (Å²) >= 11 is 0. The molecule has 0 atom stereocenters. The third-order valence-corrected chi connectivity index (χ3v) is 3.57. The molecule has 5 heteroatoms. The van der Waals surface area contributed by atoms with E-state index in [1.165, 1.54) is 12.1 Å². The number of oxazole rings is 1. The van der Waals surface area contributed by atoms with Gasteiger partial charge in [0.15, 0.2) is 0 Å². The Balaban J connectivity index is 1.78. The molecule has 3 rings (SSSR count). The standard InChI is InChI=1S/C15H18FN3O/c1-11-14(10-19-8-6-17-7-9-19)18-15(20-11)12-2-4-13(16)5-3-12/h2-5,17H,6-10H2,1H3. The van der Waals surface area contributed by atoms with Gasteiger partial charge in [-0.05, 0) is 31.2 Å². The summed E-state index contributed by atoms with van der Waals surface area (Å²) in [5.74, 6) is 1.15. The number of nitrogens with one attached hydrogen (secondary N) is 1. The van der Waals surface area contributed by atoms with Gasteiger partial charge in [-0.25, -0.2) is 9.37 Å². The van der Waals surface area contributed by atoms with Crippen molar-refractivity contribution >= 4 is 0 Å². The maximum absolute atomic E-state index is 12.9. The van der Waals surface area contributed by atoms with E-state index in [0.29, 0.717) is 5.89 Å². The largest absolute Gasteiger partial charge is 0.441 e. The van der Waals surface area contributed by atoms with E-state index in [1.807, 2.05) is 6.92 Å². The molecular weight excluding hydrogens is 257 g/mol. The van der Waals surface area contributed by atoms with E-state index in [2.05, 4.69) is 15.2 Å². The Bertz CT molecular complexity index is 573. The monoisotopic (exact) mass is 275 g/mol. The van der Waals surface area contributed by atoms with Gasteiger partial charge >= 0.3 is 0 Å². The van der Waals surface area contributed by atoms with Crippen LogP contribution >= 0.6 is 0 Å². The lowest BCUT2D eigenvalue weighted by molar-refractivity contribution is 0.230. The number of piperazine rings is 1. The van der Waals surface area contributed by atoms with Crippen molar-refractivity contribution in [1.82, 2.24) is 15.2 Å². The van der Waals surface area contributed by atoms with Gasteiger partial charge in [0, 0.05) is 38.3 Å². The van der Waals surface area contributed by atoms with E-state index in [4.69, 9.17) is 4.42 Å². The van der Waals surface area contributed by atoms with E-state index in [0.717, 1.165) is 49.7 Å². The van der Waals surface area contributed by atoms with Crippen LogP contribution in [0.1, 0.15) is 11.5 Å². The zero-order valence-corrected chi connectivity index (χ0v) is 11.5. The minimum absolute atomic E-state index is 0.252. The lowest BCUT2D eigenvalue weighted by Gasteiger charge is -2.26. The van der Waals surface area contributed by atoms with E-state index in [-0.39, 0.29) is 5.82 Å². The van der Waals surface area contributed by atoms with Crippen LogP contribution in [0.5, 0.6) is 0 Å². The maximum atomic E-state index is 12.9. The SMILES string of the molecule is Cc1oc(-c2ccc(F)cc2)nc1CN1CCNCC1. The van der Waals surface area contributed by atoms with E-state index in [9.17, 15) is 4.39 Å². The van der Waals surface area contributed by atoms with Crippen molar-refractivity contribution in [2.45, 2.75) is 13.5 Å². The lowest BCUT2D eigenvalue weighted by Crippen LogP contribution is -2.43. The molecular formula is C15H18FN3O. The van der Waals surface area contributed by atoms with Crippen LogP contribution in [0.2, 0.25) is 0 Å². The molecule has 20 heavy (non-hydrogen) atoms. The number of halogens is 1. The zero-order valence-electron chi connectivity index (χ0n) is 11.5. The second kappa shape index (κ2) is 5.73. The van der Waals surface area contributed by atoms with Crippen LogP contribution in [0.3, 0.4) is 0 Å². The first-order valence-electron chi connectivity index (χ1n) is 6.88. The van der Waals surface area contributed by atoms with Crippen molar-refractivity contribution in [3.8, 4) is 11.5 Å². The van der Waals surface area contributed by atoms with Crippen LogP contribution in [0.4, 0.5) is 4.39 Å². The van der Waals surface area contributed by atoms with Crippen molar-refractivity contribution < 1.29 is 8.81 Å². The number of rotatable bonds is 3. The zero-order chi connectivity index (χ0) is 13.9. The first-order valence-corrected chi connectivity index (χ1v) is 6.88. The molecule has 0 bridgehead atoms. The van der Waals surface area contributed by atoms with Crippen LogP contribution in [-0.4, -0.2) is 36.1 Å². The molecule has 0 spiro atoms. The normalized spacial score (nSPS) is 16.5. The highest BCUT2D eigenvalue weighted by molar-refractivity contribution is 5.53. The van der Waals surface area contributed by atoms with Crippen molar-refractivity contribution in [3.05, 3.63) is 41.5 Å². The van der Waals surface area contributed by atoms with Gasteiger partial charge in [-0.1, -0.05) is 0 Å². The molecule has 1 aliphatic rings. The predicted octanol–water partition coefficient (Wildman–Crippen LogP) is 2.19. The van der Waals surface area contributed by atoms with Crippen LogP contribution in [-0.2, 0) is 6.54 Å². The minimum Gasteiger partial charge on any atom is -0.441 e. The summed E-state index contributed by atoms with van der Waals surface area (Å²) in [5, 5.41) is 3.33. The molecule has 2 aromatic rings. The average molecular weight is 275 g/mol. The molecule has 2 heterocycles. The van der Waals surface area contributed by atoms with Gasteiger partial charge in [-0.15, -0.1) is 0 Å². The first kappa shape index (κ1) is 13.3. The van der Waals surface area contributed by atoms with Gasteiger partial charge in [-0.2, -0.15) is 0 Å². The molecule has 1 fully saturated rings. The summed E-state index contributed by atoms with van der Waals surface area (Å²) in [7, 11) is 0. The number of hydrogen-bond acceptors (Lipinski definition) is 4. The van der Waals surface area contributed by atoms with Gasteiger partial charge in [0.05, 0.1) is 5.69 Å². The second-order valence-corrected chi connectivity index (χ2v) is 5.05. The van der Waals surface area contributed by atoms with Gasteiger partial charge in [0.25, 0.3) is 0 Å². The Labute approximate surface area is 117 Å². The number of benzene rings is 1. The Morgan fingerprint density at radius 1 is 1.25 bits per heavy atom. The molecule has 1 aromatic carbocycles. The Morgan fingerprint density at radius 2 is 1.95 bits per heavy atom. The molecule has 1 aliphatic heterocycles. The summed E-state index contributed by atoms with van der Waals surface area (Å²) in [4.78, 5) is 6.91. The second-order valence-electron chi connectivity index (χ2n) is 5.05. The third kappa shape index (κ3) is 2.89. The van der Waals surface area contributed by atoms with Crippen LogP contribution < -0.4 is 5.32 Å². The maximum Gasteiger partial charge on any atom is 0.226 e. The van der Waals surface area contributed by atoms with Crippen molar-refractivity contribution in [2.24, 2.45) is 0 Å². The quantitative estimate of drug-likeness (QED) is 0.932. The molecule has 0 amide bonds. The smallest absolute Gasteiger partial charge is 0.226 e. The number of hydrogen-bond donors (Lipinski definition) is 1. The fraction of sp³-hybridized carbons (Fsp3) is 0.400. The lowest BCUT2D eigenvalue weighted by atomic mass is 10.2. The molecule has 0 unspecified atom stereocenters. The Kier molecular flexibility index (Phi) is 3.80. The fourth-order valence-electron chi connectivity index (χ4n) is 2.37. The summed E-state index contributed by atoms with van der Waals surface area (Å²) in [6.07, 6.45) is 0. The van der Waals surface area contributed by atoms with E-state index in [1.54, 1.807) is 12.1 Å². The fourth-order valence-corrected chi connectivity index (χ4v) is 2.37. The Morgan fingerprint density at radius 3 is 2.65 bits per heavy atom. The summed E-state index contributed by atoms with van der Waals surface area (Å²) in [5.41, 5.74) is 1.77. The highest BCUT2D eigenvalue weighted by atomic mass is 19.1. The average Bonchev–Trinajstić information content (AvgIpc) is 2.82. The molecule has 0 aliphatic carbocycles.